The number of rotatable bonds is 3. The molecule has 1 amide bonds. The standard InChI is InChI=1S/C18H14ClIN2O3/c1-10-13(18(24)22(21-10)12-6-4-3-5-7-12)8-11-9-14(25-2)17(23)16(20)15(11)19/h3-9,23H,1-2H3. The molecule has 0 fully saturated rings. The molecular formula is C18H14ClIN2O3. The SMILES string of the molecule is COc1cc(C=C2C(=O)N(c3ccccc3)N=C2C)c(Cl)c(I)c1O. The normalized spacial score (nSPS) is 15.7. The van der Waals surface area contributed by atoms with Gasteiger partial charge in [0.25, 0.3) is 5.91 Å². The van der Waals surface area contributed by atoms with E-state index in [9.17, 15) is 9.90 Å². The number of carbonyl (C=O) groups excluding carboxylic acids is 1. The summed E-state index contributed by atoms with van der Waals surface area (Å²) in [7, 11) is 1.46. The van der Waals surface area contributed by atoms with Crippen molar-refractivity contribution in [3.8, 4) is 11.5 Å². The maximum absolute atomic E-state index is 12.8. The Morgan fingerprint density at radius 1 is 1.32 bits per heavy atom. The summed E-state index contributed by atoms with van der Waals surface area (Å²) in [5.41, 5.74) is 2.30. The quantitative estimate of drug-likeness (QED) is 0.534. The second-order valence-corrected chi connectivity index (χ2v) is 6.80. The van der Waals surface area contributed by atoms with Crippen LogP contribution in [-0.4, -0.2) is 23.8 Å². The fourth-order valence-electron chi connectivity index (χ4n) is 2.46. The smallest absolute Gasteiger partial charge is 0.280 e. The Bertz CT molecular complexity index is 910. The second kappa shape index (κ2) is 7.05. The van der Waals surface area contributed by atoms with Crippen LogP contribution in [0, 0.1) is 3.57 Å². The van der Waals surface area contributed by atoms with Crippen LogP contribution in [0.4, 0.5) is 5.69 Å². The van der Waals surface area contributed by atoms with Gasteiger partial charge >= 0.3 is 0 Å². The van der Waals surface area contributed by atoms with Gasteiger partial charge in [0.05, 0.1) is 32.7 Å². The highest BCUT2D eigenvalue weighted by Gasteiger charge is 2.29. The molecule has 0 aliphatic carbocycles. The molecular weight excluding hydrogens is 455 g/mol. The number of anilines is 1. The lowest BCUT2D eigenvalue weighted by Crippen LogP contribution is -2.21. The number of phenols is 1. The number of nitrogens with zero attached hydrogens (tertiary/aromatic N) is 2. The van der Waals surface area contributed by atoms with E-state index in [-0.39, 0.29) is 11.7 Å². The van der Waals surface area contributed by atoms with Crippen LogP contribution in [0.1, 0.15) is 12.5 Å². The minimum Gasteiger partial charge on any atom is -0.503 e. The molecule has 0 radical (unpaired) electrons. The largest absolute Gasteiger partial charge is 0.503 e. The van der Waals surface area contributed by atoms with Crippen molar-refractivity contribution in [2.75, 3.05) is 12.1 Å². The van der Waals surface area contributed by atoms with Crippen molar-refractivity contribution in [3.63, 3.8) is 0 Å². The number of amides is 1. The van der Waals surface area contributed by atoms with Gasteiger partial charge in [-0.25, -0.2) is 0 Å². The molecule has 128 valence electrons. The number of halogens is 2. The molecule has 2 aromatic carbocycles. The fourth-order valence-corrected chi connectivity index (χ4v) is 3.23. The topological polar surface area (TPSA) is 62.1 Å². The van der Waals surface area contributed by atoms with Crippen LogP contribution in [0.2, 0.25) is 5.02 Å². The minimum atomic E-state index is -0.234. The molecule has 0 spiro atoms. The van der Waals surface area contributed by atoms with E-state index in [1.165, 1.54) is 12.1 Å². The van der Waals surface area contributed by atoms with E-state index in [0.29, 0.717) is 36.9 Å². The Labute approximate surface area is 163 Å². The maximum Gasteiger partial charge on any atom is 0.280 e. The molecule has 0 saturated heterocycles. The minimum absolute atomic E-state index is 0.0238. The average Bonchev–Trinajstić information content (AvgIpc) is 2.91. The Kier molecular flexibility index (Phi) is 5.01. The molecule has 1 heterocycles. The van der Waals surface area contributed by atoms with E-state index in [2.05, 4.69) is 5.10 Å². The third-order valence-corrected chi connectivity index (χ3v) is 5.53. The highest BCUT2D eigenvalue weighted by Crippen LogP contribution is 2.39. The molecule has 1 aliphatic rings. The van der Waals surface area contributed by atoms with Crippen LogP contribution in [0.15, 0.2) is 47.1 Å². The second-order valence-electron chi connectivity index (χ2n) is 5.34. The summed E-state index contributed by atoms with van der Waals surface area (Å²) in [6.07, 6.45) is 1.66. The third kappa shape index (κ3) is 3.23. The summed E-state index contributed by atoms with van der Waals surface area (Å²) in [5.74, 6) is 0.0340. The first kappa shape index (κ1) is 17.8. The zero-order valence-electron chi connectivity index (χ0n) is 13.5. The number of ether oxygens (including phenoxy) is 1. The monoisotopic (exact) mass is 468 g/mol. The number of benzene rings is 2. The molecule has 0 unspecified atom stereocenters. The van der Waals surface area contributed by atoms with Crippen LogP contribution in [-0.2, 0) is 4.79 Å². The first-order chi connectivity index (χ1) is 11.9. The van der Waals surface area contributed by atoms with Crippen LogP contribution in [0.5, 0.6) is 11.5 Å². The van der Waals surface area contributed by atoms with E-state index in [1.807, 2.05) is 52.9 Å². The molecule has 7 heteroatoms. The van der Waals surface area contributed by atoms with Gasteiger partial charge in [0.15, 0.2) is 11.5 Å². The van der Waals surface area contributed by atoms with Gasteiger partial charge in [0.2, 0.25) is 0 Å². The highest BCUT2D eigenvalue weighted by molar-refractivity contribution is 14.1. The number of hydrogen-bond acceptors (Lipinski definition) is 4. The summed E-state index contributed by atoms with van der Waals surface area (Å²) in [5, 5.41) is 16.1. The fraction of sp³-hybridized carbons (Fsp3) is 0.111. The van der Waals surface area contributed by atoms with E-state index >= 15 is 0 Å². The van der Waals surface area contributed by atoms with E-state index in [0.717, 1.165) is 0 Å². The van der Waals surface area contributed by atoms with E-state index in [4.69, 9.17) is 16.3 Å². The van der Waals surface area contributed by atoms with Gasteiger partial charge in [-0.05, 0) is 59.4 Å². The summed E-state index contributed by atoms with van der Waals surface area (Å²) in [4.78, 5) is 12.8. The number of hydrazone groups is 1. The molecule has 0 atom stereocenters. The third-order valence-electron chi connectivity index (χ3n) is 3.76. The lowest BCUT2D eigenvalue weighted by Gasteiger charge is -2.12. The average molecular weight is 469 g/mol. The number of aromatic hydroxyl groups is 1. The number of hydrogen-bond donors (Lipinski definition) is 1. The molecule has 0 bridgehead atoms. The first-order valence-electron chi connectivity index (χ1n) is 7.35. The predicted molar refractivity (Wildman–Crippen MR) is 107 cm³/mol. The van der Waals surface area contributed by atoms with Gasteiger partial charge in [0, 0.05) is 0 Å². The first-order valence-corrected chi connectivity index (χ1v) is 8.81. The zero-order valence-corrected chi connectivity index (χ0v) is 16.4. The van der Waals surface area contributed by atoms with Gasteiger partial charge in [-0.15, -0.1) is 0 Å². The van der Waals surface area contributed by atoms with Crippen LogP contribution >= 0.6 is 34.2 Å². The number of methoxy groups -OCH3 is 1. The van der Waals surface area contributed by atoms with Crippen LogP contribution in [0.3, 0.4) is 0 Å². The van der Waals surface area contributed by atoms with Crippen molar-refractivity contribution < 1.29 is 14.6 Å². The summed E-state index contributed by atoms with van der Waals surface area (Å²) >= 11 is 8.26. The van der Waals surface area contributed by atoms with Gasteiger partial charge in [-0.1, -0.05) is 29.8 Å². The van der Waals surface area contributed by atoms with Gasteiger partial charge in [-0.3, -0.25) is 4.79 Å². The summed E-state index contributed by atoms with van der Waals surface area (Å²) in [6, 6.07) is 10.8. The van der Waals surface area contributed by atoms with Gasteiger partial charge in [-0.2, -0.15) is 10.1 Å². The Morgan fingerprint density at radius 2 is 2.00 bits per heavy atom. The van der Waals surface area contributed by atoms with Gasteiger partial charge < -0.3 is 9.84 Å². The van der Waals surface area contributed by atoms with Crippen molar-refractivity contribution in [1.82, 2.24) is 0 Å². The van der Waals surface area contributed by atoms with E-state index in [1.54, 1.807) is 19.1 Å². The molecule has 1 aliphatic heterocycles. The molecule has 1 N–H and O–H groups in total. The lowest BCUT2D eigenvalue weighted by atomic mass is 10.1. The van der Waals surface area contributed by atoms with E-state index < -0.39 is 0 Å². The molecule has 5 nitrogen and oxygen atoms in total. The van der Waals surface area contributed by atoms with Crippen molar-refractivity contribution in [2.45, 2.75) is 6.92 Å². The highest BCUT2D eigenvalue weighted by atomic mass is 127. The molecule has 25 heavy (non-hydrogen) atoms. The molecule has 0 saturated carbocycles. The molecule has 2 aromatic rings. The Hall–Kier alpha value is -2.06. The lowest BCUT2D eigenvalue weighted by molar-refractivity contribution is -0.114. The Balaban J connectivity index is 2.05. The van der Waals surface area contributed by atoms with Crippen molar-refractivity contribution >= 4 is 57.6 Å². The molecule has 0 aromatic heterocycles. The number of para-hydroxylation sites is 1. The maximum atomic E-state index is 12.8. The van der Waals surface area contributed by atoms with Crippen LogP contribution < -0.4 is 9.75 Å². The van der Waals surface area contributed by atoms with Crippen molar-refractivity contribution in [3.05, 3.63) is 56.1 Å². The van der Waals surface area contributed by atoms with Crippen molar-refractivity contribution in [1.29, 1.82) is 0 Å². The summed E-state index contributed by atoms with van der Waals surface area (Å²) in [6.45, 7) is 1.77. The zero-order chi connectivity index (χ0) is 18.1. The number of carbonyl (C=O) groups is 1. The van der Waals surface area contributed by atoms with Gasteiger partial charge in [0.1, 0.15) is 0 Å². The number of phenolic OH excluding ortho intramolecular Hbond substituents is 1. The summed E-state index contributed by atoms with van der Waals surface area (Å²) < 4.78 is 5.63. The predicted octanol–water partition coefficient (Wildman–Crippen LogP) is 4.46. The Morgan fingerprint density at radius 3 is 2.64 bits per heavy atom. The van der Waals surface area contributed by atoms with Crippen LogP contribution in [0.25, 0.3) is 6.08 Å². The molecule has 3 rings (SSSR count). The van der Waals surface area contributed by atoms with Crippen molar-refractivity contribution in [2.24, 2.45) is 5.10 Å².